The fraction of sp³-hybridized carbons (Fsp3) is 0.250. The Morgan fingerprint density at radius 1 is 1.14 bits per heavy atom. The van der Waals surface area contributed by atoms with E-state index in [0.29, 0.717) is 22.5 Å². The fourth-order valence-corrected chi connectivity index (χ4v) is 3.94. The first kappa shape index (κ1) is 24.1. The zero-order chi connectivity index (χ0) is 25.1. The monoisotopic (exact) mass is 496 g/mol. The van der Waals surface area contributed by atoms with E-state index in [1.54, 1.807) is 18.2 Å². The third-order valence-corrected chi connectivity index (χ3v) is 5.97. The number of fused-ring (bicyclic) bond motifs is 1. The Morgan fingerprint density at radius 2 is 1.91 bits per heavy atom. The van der Waals surface area contributed by atoms with E-state index in [9.17, 15) is 9.59 Å². The highest BCUT2D eigenvalue weighted by atomic mass is 35.5. The number of hydrogen-bond donors (Lipinski definition) is 2. The van der Waals surface area contributed by atoms with Crippen molar-refractivity contribution in [2.24, 2.45) is 0 Å². The van der Waals surface area contributed by atoms with Gasteiger partial charge in [-0.3, -0.25) is 4.79 Å². The van der Waals surface area contributed by atoms with E-state index in [0.717, 1.165) is 34.8 Å². The maximum absolute atomic E-state index is 11.9. The van der Waals surface area contributed by atoms with Gasteiger partial charge >= 0.3 is 12.2 Å². The summed E-state index contributed by atoms with van der Waals surface area (Å²) in [6.07, 6.45) is 1.49. The zero-order valence-electron chi connectivity index (χ0n) is 19.8. The number of benzene rings is 2. The van der Waals surface area contributed by atoms with Gasteiger partial charge in [0.15, 0.2) is 11.4 Å². The van der Waals surface area contributed by atoms with Gasteiger partial charge in [0.1, 0.15) is 10.5 Å². The standard InChI is InChI=1S/C24H25ClN6O4/c1-5-30(6-2)19-11-17(9-14(3)15(19)4)28-23-26-12-18(25)22(29-23)27-16-7-8-21-20(10-16)31(34-13-32)24(33)35-21/h7-13H,5-6H2,1-4H3,(H2,26,27,28,29). The van der Waals surface area contributed by atoms with Crippen molar-refractivity contribution in [1.82, 2.24) is 14.7 Å². The molecule has 2 aromatic carbocycles. The van der Waals surface area contributed by atoms with Gasteiger partial charge < -0.3 is 24.8 Å². The van der Waals surface area contributed by atoms with Crippen molar-refractivity contribution >= 4 is 58.0 Å². The SMILES string of the molecule is CCN(CC)c1cc(Nc2ncc(Cl)c(Nc3ccc4oc(=O)n(OC=O)c4c3)n2)cc(C)c1C. The highest BCUT2D eigenvalue weighted by molar-refractivity contribution is 6.32. The van der Waals surface area contributed by atoms with E-state index in [1.165, 1.54) is 11.8 Å². The summed E-state index contributed by atoms with van der Waals surface area (Å²) >= 11 is 6.34. The second-order valence-corrected chi connectivity index (χ2v) is 8.20. The molecule has 0 saturated carbocycles. The van der Waals surface area contributed by atoms with E-state index < -0.39 is 5.76 Å². The Hall–Kier alpha value is -4.05. The van der Waals surface area contributed by atoms with Crippen molar-refractivity contribution in [2.45, 2.75) is 27.7 Å². The van der Waals surface area contributed by atoms with E-state index in [4.69, 9.17) is 20.9 Å². The predicted octanol–water partition coefficient (Wildman–Crippen LogP) is 4.57. The first-order valence-electron chi connectivity index (χ1n) is 11.0. The van der Waals surface area contributed by atoms with Crippen LogP contribution in [0.4, 0.5) is 28.8 Å². The third kappa shape index (κ3) is 4.92. The highest BCUT2D eigenvalue weighted by Crippen LogP contribution is 2.30. The number of aryl methyl sites for hydroxylation is 1. The van der Waals surface area contributed by atoms with Crippen molar-refractivity contribution < 1.29 is 14.0 Å². The van der Waals surface area contributed by atoms with E-state index in [2.05, 4.69) is 59.3 Å². The first-order chi connectivity index (χ1) is 16.8. The number of hydrogen-bond acceptors (Lipinski definition) is 9. The number of aromatic nitrogens is 3. The number of halogens is 1. The lowest BCUT2D eigenvalue weighted by Crippen LogP contribution is -2.23. The molecule has 0 spiro atoms. The highest BCUT2D eigenvalue weighted by Gasteiger charge is 2.14. The van der Waals surface area contributed by atoms with Crippen LogP contribution >= 0.6 is 11.6 Å². The molecule has 0 fully saturated rings. The minimum atomic E-state index is -0.812. The van der Waals surface area contributed by atoms with Crippen LogP contribution in [0.15, 0.2) is 45.7 Å². The molecule has 0 unspecified atom stereocenters. The minimum absolute atomic E-state index is 0.147. The Labute approximate surface area is 206 Å². The molecule has 0 bridgehead atoms. The quantitative estimate of drug-likeness (QED) is 0.321. The number of nitrogens with one attached hydrogen (secondary N) is 2. The summed E-state index contributed by atoms with van der Waals surface area (Å²) in [5, 5.41) is 6.67. The van der Waals surface area contributed by atoms with Gasteiger partial charge in [-0.25, -0.2) is 9.78 Å². The molecule has 0 atom stereocenters. The Balaban J connectivity index is 1.63. The van der Waals surface area contributed by atoms with Crippen LogP contribution in [0.2, 0.25) is 5.02 Å². The molecule has 0 saturated heterocycles. The summed E-state index contributed by atoms with van der Waals surface area (Å²) in [7, 11) is 0. The second-order valence-electron chi connectivity index (χ2n) is 7.80. The molecule has 2 aromatic heterocycles. The summed E-state index contributed by atoms with van der Waals surface area (Å²) in [6.45, 7) is 10.4. The molecule has 4 aromatic rings. The number of carbonyl (C=O) groups is 1. The summed E-state index contributed by atoms with van der Waals surface area (Å²) in [6, 6.07) is 8.96. The minimum Gasteiger partial charge on any atom is -0.405 e. The molecular formula is C24H25ClN6O4. The molecule has 0 aliphatic carbocycles. The van der Waals surface area contributed by atoms with Crippen molar-refractivity contribution in [1.29, 1.82) is 0 Å². The molecule has 0 radical (unpaired) electrons. The number of anilines is 5. The van der Waals surface area contributed by atoms with Gasteiger partial charge in [-0.1, -0.05) is 16.3 Å². The van der Waals surface area contributed by atoms with Gasteiger partial charge in [0.25, 0.3) is 0 Å². The van der Waals surface area contributed by atoms with Crippen LogP contribution in [-0.2, 0) is 4.79 Å². The maximum Gasteiger partial charge on any atom is 0.453 e. The van der Waals surface area contributed by atoms with Gasteiger partial charge in [-0.15, -0.1) is 0 Å². The predicted molar refractivity (Wildman–Crippen MR) is 136 cm³/mol. The molecule has 10 nitrogen and oxygen atoms in total. The van der Waals surface area contributed by atoms with Gasteiger partial charge in [0.2, 0.25) is 5.95 Å². The largest absolute Gasteiger partial charge is 0.453 e. The maximum atomic E-state index is 11.9. The molecule has 11 heteroatoms. The summed E-state index contributed by atoms with van der Waals surface area (Å²) < 4.78 is 5.82. The van der Waals surface area contributed by atoms with Crippen molar-refractivity contribution in [2.75, 3.05) is 28.6 Å². The average Bonchev–Trinajstić information content (AvgIpc) is 3.14. The zero-order valence-corrected chi connectivity index (χ0v) is 20.5. The van der Waals surface area contributed by atoms with Crippen LogP contribution in [-0.4, -0.2) is 34.3 Å². The topological polar surface area (TPSA) is 115 Å². The number of nitrogens with zero attached hydrogens (tertiary/aromatic N) is 4. The number of rotatable bonds is 9. The Morgan fingerprint density at radius 3 is 2.63 bits per heavy atom. The van der Waals surface area contributed by atoms with Crippen molar-refractivity contribution in [3.05, 3.63) is 63.2 Å². The van der Waals surface area contributed by atoms with Crippen molar-refractivity contribution in [3.8, 4) is 0 Å². The second kappa shape index (κ2) is 10.1. The molecule has 0 aliphatic rings. The van der Waals surface area contributed by atoms with Crippen molar-refractivity contribution in [3.63, 3.8) is 0 Å². The average molecular weight is 497 g/mol. The molecule has 2 N–H and O–H groups in total. The van der Waals surface area contributed by atoms with E-state index in [1.807, 2.05) is 6.07 Å². The van der Waals surface area contributed by atoms with Gasteiger partial charge in [-0.05, 0) is 69.2 Å². The number of carbonyl (C=O) groups excluding carboxylic acids is 1. The first-order valence-corrected chi connectivity index (χ1v) is 11.4. The van der Waals surface area contributed by atoms with Crippen LogP contribution < -0.4 is 26.1 Å². The Bertz CT molecular complexity index is 1440. The Kier molecular flexibility index (Phi) is 6.92. The summed E-state index contributed by atoms with van der Waals surface area (Å²) in [5.41, 5.74) is 5.47. The smallest absolute Gasteiger partial charge is 0.405 e. The lowest BCUT2D eigenvalue weighted by molar-refractivity contribution is -0.129. The summed E-state index contributed by atoms with van der Waals surface area (Å²) in [5.74, 6) is -0.102. The molecule has 35 heavy (non-hydrogen) atoms. The molecule has 0 aliphatic heterocycles. The molecule has 2 heterocycles. The molecule has 0 amide bonds. The number of oxazole rings is 1. The lowest BCUT2D eigenvalue weighted by atomic mass is 10.1. The van der Waals surface area contributed by atoms with Crippen LogP contribution in [0.3, 0.4) is 0 Å². The van der Waals surface area contributed by atoms with Gasteiger partial charge in [0, 0.05) is 30.2 Å². The fourth-order valence-electron chi connectivity index (χ4n) is 3.80. The van der Waals surface area contributed by atoms with Crippen LogP contribution in [0.1, 0.15) is 25.0 Å². The van der Waals surface area contributed by atoms with Crippen LogP contribution in [0, 0.1) is 13.8 Å². The molecule has 4 rings (SSSR count). The van der Waals surface area contributed by atoms with E-state index in [-0.39, 0.29) is 17.6 Å². The lowest BCUT2D eigenvalue weighted by Gasteiger charge is -2.25. The third-order valence-electron chi connectivity index (χ3n) is 5.70. The summed E-state index contributed by atoms with van der Waals surface area (Å²) in [4.78, 5) is 38.4. The normalized spacial score (nSPS) is 10.9. The van der Waals surface area contributed by atoms with Crippen LogP contribution in [0.5, 0.6) is 0 Å². The van der Waals surface area contributed by atoms with E-state index >= 15 is 0 Å². The molecule has 182 valence electrons. The van der Waals surface area contributed by atoms with Gasteiger partial charge in [-0.2, -0.15) is 4.98 Å². The molecular weight excluding hydrogens is 472 g/mol. The van der Waals surface area contributed by atoms with Crippen LogP contribution in [0.25, 0.3) is 11.1 Å². The van der Waals surface area contributed by atoms with Gasteiger partial charge in [0.05, 0.1) is 6.20 Å².